The Hall–Kier alpha value is -0.0100. The SMILES string of the molecule is O=C(Cl)C1=C(Cl)CCCC1. The van der Waals surface area contributed by atoms with Crippen molar-refractivity contribution in [2.24, 2.45) is 0 Å². The van der Waals surface area contributed by atoms with E-state index in [2.05, 4.69) is 0 Å². The fourth-order valence-corrected chi connectivity index (χ4v) is 1.64. The topological polar surface area (TPSA) is 17.1 Å². The minimum absolute atomic E-state index is 0.385. The molecule has 1 aliphatic rings. The van der Waals surface area contributed by atoms with Gasteiger partial charge in [-0.3, -0.25) is 4.79 Å². The van der Waals surface area contributed by atoms with Crippen molar-refractivity contribution in [3.8, 4) is 0 Å². The van der Waals surface area contributed by atoms with Gasteiger partial charge in [-0.25, -0.2) is 0 Å². The Kier molecular flexibility index (Phi) is 2.75. The second kappa shape index (κ2) is 3.40. The third-order valence-electron chi connectivity index (χ3n) is 1.64. The maximum atomic E-state index is 10.6. The highest BCUT2D eigenvalue weighted by atomic mass is 35.5. The first-order valence-corrected chi connectivity index (χ1v) is 4.05. The van der Waals surface area contributed by atoms with E-state index in [1.807, 2.05) is 0 Å². The van der Waals surface area contributed by atoms with E-state index < -0.39 is 0 Å². The van der Waals surface area contributed by atoms with E-state index in [0.29, 0.717) is 10.6 Å². The van der Waals surface area contributed by atoms with Crippen molar-refractivity contribution in [1.82, 2.24) is 0 Å². The Bertz CT molecular complexity index is 184. The zero-order valence-corrected chi connectivity index (χ0v) is 7.00. The molecule has 1 rings (SSSR count). The van der Waals surface area contributed by atoms with Crippen LogP contribution in [0.1, 0.15) is 25.7 Å². The summed E-state index contributed by atoms with van der Waals surface area (Å²) < 4.78 is 0. The average molecular weight is 179 g/mol. The van der Waals surface area contributed by atoms with E-state index in [0.717, 1.165) is 25.7 Å². The molecule has 10 heavy (non-hydrogen) atoms. The lowest BCUT2D eigenvalue weighted by molar-refractivity contribution is -0.108. The molecular formula is C7H8Cl2O. The van der Waals surface area contributed by atoms with Gasteiger partial charge in [0.25, 0.3) is 0 Å². The Morgan fingerprint density at radius 1 is 1.30 bits per heavy atom. The van der Waals surface area contributed by atoms with Crippen LogP contribution in [0.4, 0.5) is 0 Å². The van der Waals surface area contributed by atoms with Gasteiger partial charge in [0.1, 0.15) is 0 Å². The van der Waals surface area contributed by atoms with Crippen LogP contribution in [-0.2, 0) is 4.79 Å². The number of hydrogen-bond donors (Lipinski definition) is 0. The van der Waals surface area contributed by atoms with Gasteiger partial charge in [-0.1, -0.05) is 11.6 Å². The molecule has 0 aliphatic heterocycles. The fourth-order valence-electron chi connectivity index (χ4n) is 1.07. The van der Waals surface area contributed by atoms with Gasteiger partial charge in [0.15, 0.2) is 0 Å². The third-order valence-corrected chi connectivity index (χ3v) is 2.28. The smallest absolute Gasteiger partial charge is 0.249 e. The molecule has 0 radical (unpaired) electrons. The Balaban J connectivity index is 2.78. The van der Waals surface area contributed by atoms with Crippen LogP contribution in [0.25, 0.3) is 0 Å². The predicted molar refractivity (Wildman–Crippen MR) is 42.2 cm³/mol. The molecule has 1 nitrogen and oxygen atoms in total. The molecule has 3 heteroatoms. The molecule has 0 heterocycles. The molecule has 1 aliphatic carbocycles. The van der Waals surface area contributed by atoms with Crippen LogP contribution in [0.15, 0.2) is 10.6 Å². The van der Waals surface area contributed by atoms with E-state index in [1.165, 1.54) is 0 Å². The minimum atomic E-state index is -0.385. The first-order chi connectivity index (χ1) is 4.72. The molecule has 0 saturated carbocycles. The van der Waals surface area contributed by atoms with E-state index in [4.69, 9.17) is 23.2 Å². The highest BCUT2D eigenvalue weighted by molar-refractivity contribution is 6.68. The van der Waals surface area contributed by atoms with Gasteiger partial charge < -0.3 is 0 Å². The lowest BCUT2D eigenvalue weighted by Crippen LogP contribution is -2.01. The first kappa shape index (κ1) is 8.09. The van der Waals surface area contributed by atoms with Crippen molar-refractivity contribution in [3.63, 3.8) is 0 Å². The predicted octanol–water partition coefficient (Wildman–Crippen LogP) is 2.82. The van der Waals surface area contributed by atoms with Crippen LogP contribution in [-0.4, -0.2) is 5.24 Å². The van der Waals surface area contributed by atoms with Crippen molar-refractivity contribution in [2.45, 2.75) is 25.7 Å². The molecule has 0 amide bonds. The van der Waals surface area contributed by atoms with Crippen molar-refractivity contribution in [3.05, 3.63) is 10.6 Å². The van der Waals surface area contributed by atoms with Gasteiger partial charge in [0.2, 0.25) is 5.24 Å². The summed E-state index contributed by atoms with van der Waals surface area (Å²) in [6, 6.07) is 0. The number of halogens is 2. The van der Waals surface area contributed by atoms with Gasteiger partial charge >= 0.3 is 0 Å². The summed E-state index contributed by atoms with van der Waals surface area (Å²) in [7, 11) is 0. The molecule has 0 aromatic carbocycles. The molecule has 0 spiro atoms. The van der Waals surface area contributed by atoms with Crippen LogP contribution in [0, 0.1) is 0 Å². The van der Waals surface area contributed by atoms with Crippen LogP contribution in [0.3, 0.4) is 0 Å². The summed E-state index contributed by atoms with van der Waals surface area (Å²) in [5.41, 5.74) is 0.620. The largest absolute Gasteiger partial charge is 0.276 e. The molecule has 0 aromatic heterocycles. The fraction of sp³-hybridized carbons (Fsp3) is 0.571. The Morgan fingerprint density at radius 3 is 2.30 bits per heavy atom. The van der Waals surface area contributed by atoms with Crippen LogP contribution in [0.2, 0.25) is 0 Å². The molecule has 0 N–H and O–H groups in total. The highest BCUT2D eigenvalue weighted by Crippen LogP contribution is 2.28. The standard InChI is InChI=1S/C7H8Cl2O/c8-6-4-2-1-3-5(6)7(9)10/h1-4H2. The first-order valence-electron chi connectivity index (χ1n) is 3.29. The molecular weight excluding hydrogens is 171 g/mol. The van der Waals surface area contributed by atoms with E-state index in [9.17, 15) is 4.79 Å². The molecule has 0 bridgehead atoms. The Morgan fingerprint density at radius 2 is 1.90 bits per heavy atom. The van der Waals surface area contributed by atoms with Crippen molar-refractivity contribution in [1.29, 1.82) is 0 Å². The molecule has 0 fully saturated rings. The molecule has 56 valence electrons. The van der Waals surface area contributed by atoms with Gasteiger partial charge in [-0.2, -0.15) is 0 Å². The third kappa shape index (κ3) is 1.74. The summed E-state index contributed by atoms with van der Waals surface area (Å²) in [4.78, 5) is 10.6. The maximum Gasteiger partial charge on any atom is 0.249 e. The second-order valence-corrected chi connectivity index (χ2v) is 3.16. The summed E-state index contributed by atoms with van der Waals surface area (Å²) >= 11 is 11.0. The maximum absolute atomic E-state index is 10.6. The quantitative estimate of drug-likeness (QED) is 0.565. The summed E-state index contributed by atoms with van der Waals surface area (Å²) in [5, 5.41) is 0.274. The summed E-state index contributed by atoms with van der Waals surface area (Å²) in [6.07, 6.45) is 3.67. The molecule has 0 aromatic rings. The summed E-state index contributed by atoms with van der Waals surface area (Å²) in [5.74, 6) is 0. The van der Waals surface area contributed by atoms with Crippen molar-refractivity contribution in [2.75, 3.05) is 0 Å². The average Bonchev–Trinajstić information content (AvgIpc) is 1.88. The number of hydrogen-bond acceptors (Lipinski definition) is 1. The normalized spacial score (nSPS) is 19.4. The lowest BCUT2D eigenvalue weighted by atomic mass is 10.0. The van der Waals surface area contributed by atoms with Gasteiger partial charge in [-0.05, 0) is 37.3 Å². The van der Waals surface area contributed by atoms with Crippen LogP contribution >= 0.6 is 23.2 Å². The number of carbonyl (C=O) groups excluding carboxylic acids is 1. The van der Waals surface area contributed by atoms with E-state index in [-0.39, 0.29) is 5.24 Å². The van der Waals surface area contributed by atoms with E-state index in [1.54, 1.807) is 0 Å². The lowest BCUT2D eigenvalue weighted by Gasteiger charge is -2.11. The molecule has 0 unspecified atom stereocenters. The van der Waals surface area contributed by atoms with Gasteiger partial charge in [0, 0.05) is 10.6 Å². The zero-order chi connectivity index (χ0) is 7.56. The Labute approximate surface area is 70.0 Å². The number of rotatable bonds is 1. The summed E-state index contributed by atoms with van der Waals surface area (Å²) in [6.45, 7) is 0. The zero-order valence-electron chi connectivity index (χ0n) is 5.49. The molecule has 0 atom stereocenters. The monoisotopic (exact) mass is 178 g/mol. The second-order valence-electron chi connectivity index (χ2n) is 2.36. The van der Waals surface area contributed by atoms with Gasteiger partial charge in [0.05, 0.1) is 0 Å². The van der Waals surface area contributed by atoms with E-state index >= 15 is 0 Å². The highest BCUT2D eigenvalue weighted by Gasteiger charge is 2.15. The van der Waals surface area contributed by atoms with Crippen LogP contribution < -0.4 is 0 Å². The number of carbonyl (C=O) groups is 1. The van der Waals surface area contributed by atoms with Crippen molar-refractivity contribution < 1.29 is 4.79 Å². The molecule has 0 saturated heterocycles. The van der Waals surface area contributed by atoms with Gasteiger partial charge in [-0.15, -0.1) is 0 Å². The minimum Gasteiger partial charge on any atom is -0.276 e. The van der Waals surface area contributed by atoms with Crippen molar-refractivity contribution >= 4 is 28.4 Å². The number of allylic oxidation sites excluding steroid dienone is 2. The van der Waals surface area contributed by atoms with Crippen LogP contribution in [0.5, 0.6) is 0 Å².